The smallest absolute Gasteiger partial charge is 0.374 e. The van der Waals surface area contributed by atoms with Gasteiger partial charge in [0.25, 0.3) is 0 Å². The summed E-state index contributed by atoms with van der Waals surface area (Å²) in [5.74, 6) is -1.15. The average Bonchev–Trinajstić information content (AvgIpc) is 1.98. The van der Waals surface area contributed by atoms with Crippen molar-refractivity contribution < 1.29 is 14.3 Å². The molecule has 3 nitrogen and oxygen atoms in total. The first-order chi connectivity index (χ1) is 4.72. The van der Waals surface area contributed by atoms with Gasteiger partial charge in [-0.15, -0.1) is 0 Å². The lowest BCUT2D eigenvalue weighted by Gasteiger charge is -1.95. The SMILES string of the molecule is CCCCC(=O)C(=O)OC. The molecule has 0 aliphatic carbocycles. The minimum Gasteiger partial charge on any atom is -0.463 e. The summed E-state index contributed by atoms with van der Waals surface area (Å²) >= 11 is 0. The lowest BCUT2D eigenvalue weighted by molar-refractivity contribution is -0.151. The molecule has 0 heterocycles. The third kappa shape index (κ3) is 3.22. The predicted molar refractivity (Wildman–Crippen MR) is 36.5 cm³/mol. The van der Waals surface area contributed by atoms with Gasteiger partial charge in [-0.25, -0.2) is 4.79 Å². The maximum atomic E-state index is 10.7. The summed E-state index contributed by atoms with van der Waals surface area (Å²) in [6.45, 7) is 1.96. The summed E-state index contributed by atoms with van der Waals surface area (Å²) in [5, 5.41) is 0. The summed E-state index contributed by atoms with van der Waals surface area (Å²) in [7, 11) is 1.21. The highest BCUT2D eigenvalue weighted by Gasteiger charge is 2.11. The molecular weight excluding hydrogens is 132 g/mol. The van der Waals surface area contributed by atoms with Crippen LogP contribution in [0, 0.1) is 0 Å². The zero-order valence-corrected chi connectivity index (χ0v) is 6.35. The third-order valence-corrected chi connectivity index (χ3v) is 1.17. The summed E-state index contributed by atoms with van der Waals surface area (Å²) in [5.41, 5.74) is 0. The Morgan fingerprint density at radius 2 is 2.00 bits per heavy atom. The zero-order chi connectivity index (χ0) is 7.98. The zero-order valence-electron chi connectivity index (χ0n) is 6.35. The van der Waals surface area contributed by atoms with Gasteiger partial charge in [0.1, 0.15) is 0 Å². The number of Topliss-reactive ketones (excluding diaryl/α,β-unsaturated/α-hetero) is 1. The minimum absolute atomic E-state index is 0.309. The summed E-state index contributed by atoms with van der Waals surface area (Å²) in [6, 6.07) is 0. The van der Waals surface area contributed by atoms with E-state index in [4.69, 9.17) is 0 Å². The van der Waals surface area contributed by atoms with Gasteiger partial charge in [-0.05, 0) is 6.42 Å². The number of ketones is 1. The predicted octanol–water partition coefficient (Wildman–Crippen LogP) is 0.919. The summed E-state index contributed by atoms with van der Waals surface area (Å²) < 4.78 is 4.22. The minimum atomic E-state index is -0.728. The molecule has 0 bridgehead atoms. The number of carbonyl (C=O) groups is 2. The highest BCUT2D eigenvalue weighted by molar-refractivity contribution is 6.33. The number of esters is 1. The quantitative estimate of drug-likeness (QED) is 0.435. The molecule has 0 spiro atoms. The number of rotatable bonds is 4. The second kappa shape index (κ2) is 4.97. The molecule has 0 aromatic rings. The number of hydrogen-bond donors (Lipinski definition) is 0. The van der Waals surface area contributed by atoms with Crippen LogP contribution in [-0.2, 0) is 14.3 Å². The van der Waals surface area contributed by atoms with E-state index in [9.17, 15) is 9.59 Å². The van der Waals surface area contributed by atoms with E-state index in [-0.39, 0.29) is 0 Å². The van der Waals surface area contributed by atoms with Crippen LogP contribution in [0.4, 0.5) is 0 Å². The van der Waals surface area contributed by atoms with E-state index in [1.807, 2.05) is 6.92 Å². The highest BCUT2D eigenvalue weighted by Crippen LogP contribution is 1.95. The Labute approximate surface area is 60.4 Å². The van der Waals surface area contributed by atoms with Crippen molar-refractivity contribution in [3.63, 3.8) is 0 Å². The van der Waals surface area contributed by atoms with Gasteiger partial charge in [0.15, 0.2) is 0 Å². The Hall–Kier alpha value is -0.860. The molecule has 3 heteroatoms. The maximum absolute atomic E-state index is 10.7. The lowest BCUT2D eigenvalue weighted by Crippen LogP contribution is -2.14. The van der Waals surface area contributed by atoms with Crippen molar-refractivity contribution in [3.05, 3.63) is 0 Å². The van der Waals surface area contributed by atoms with Crippen molar-refractivity contribution in [2.24, 2.45) is 0 Å². The molecule has 58 valence electrons. The lowest BCUT2D eigenvalue weighted by atomic mass is 10.2. The second-order valence-electron chi connectivity index (χ2n) is 2.02. The topological polar surface area (TPSA) is 43.4 Å². The molecule has 0 radical (unpaired) electrons. The van der Waals surface area contributed by atoms with Crippen LogP contribution in [0.1, 0.15) is 26.2 Å². The molecule has 10 heavy (non-hydrogen) atoms. The van der Waals surface area contributed by atoms with Crippen molar-refractivity contribution in [2.75, 3.05) is 7.11 Å². The van der Waals surface area contributed by atoms with Crippen molar-refractivity contribution >= 4 is 11.8 Å². The number of methoxy groups -OCH3 is 1. The largest absolute Gasteiger partial charge is 0.463 e. The molecule has 0 amide bonds. The first-order valence-electron chi connectivity index (χ1n) is 3.33. The van der Waals surface area contributed by atoms with Crippen LogP contribution in [0.5, 0.6) is 0 Å². The van der Waals surface area contributed by atoms with Crippen molar-refractivity contribution in [1.29, 1.82) is 0 Å². The molecule has 0 saturated heterocycles. The fraction of sp³-hybridized carbons (Fsp3) is 0.714. The van der Waals surface area contributed by atoms with Crippen LogP contribution in [0.2, 0.25) is 0 Å². The third-order valence-electron chi connectivity index (χ3n) is 1.17. The van der Waals surface area contributed by atoms with E-state index in [0.717, 1.165) is 12.8 Å². The van der Waals surface area contributed by atoms with Crippen molar-refractivity contribution in [3.8, 4) is 0 Å². The van der Waals surface area contributed by atoms with Crippen LogP contribution in [-0.4, -0.2) is 18.9 Å². The van der Waals surface area contributed by atoms with Crippen LogP contribution >= 0.6 is 0 Å². The van der Waals surface area contributed by atoms with Gasteiger partial charge in [-0.2, -0.15) is 0 Å². The molecule has 0 fully saturated rings. The molecule has 0 unspecified atom stereocenters. The normalized spacial score (nSPS) is 9.00. The standard InChI is InChI=1S/C7H12O3/c1-3-4-5-6(8)7(9)10-2/h3-5H2,1-2H3. The second-order valence-corrected chi connectivity index (χ2v) is 2.02. The fourth-order valence-corrected chi connectivity index (χ4v) is 0.553. The number of ether oxygens (including phenoxy) is 1. The Kier molecular flexibility index (Phi) is 4.54. The van der Waals surface area contributed by atoms with Gasteiger partial charge in [-0.1, -0.05) is 13.3 Å². The van der Waals surface area contributed by atoms with Crippen LogP contribution in [0.3, 0.4) is 0 Å². The fourth-order valence-electron chi connectivity index (χ4n) is 0.553. The number of carbonyl (C=O) groups excluding carboxylic acids is 2. The number of hydrogen-bond acceptors (Lipinski definition) is 3. The average molecular weight is 144 g/mol. The molecule has 0 atom stereocenters. The summed E-state index contributed by atoms with van der Waals surface area (Å²) in [4.78, 5) is 21.1. The molecular formula is C7H12O3. The summed E-state index contributed by atoms with van der Waals surface area (Å²) in [6.07, 6.45) is 1.99. The van der Waals surface area contributed by atoms with E-state index in [1.165, 1.54) is 7.11 Å². The van der Waals surface area contributed by atoms with Crippen LogP contribution in [0.25, 0.3) is 0 Å². The molecule has 0 saturated carbocycles. The molecule has 0 aliphatic heterocycles. The van der Waals surface area contributed by atoms with Gasteiger partial charge in [0.2, 0.25) is 5.78 Å². The van der Waals surface area contributed by atoms with Gasteiger partial charge in [0, 0.05) is 6.42 Å². The molecule has 0 rings (SSSR count). The first-order valence-corrected chi connectivity index (χ1v) is 3.33. The molecule has 0 aromatic carbocycles. The monoisotopic (exact) mass is 144 g/mol. The van der Waals surface area contributed by atoms with E-state index in [1.54, 1.807) is 0 Å². The van der Waals surface area contributed by atoms with Crippen molar-refractivity contribution in [1.82, 2.24) is 0 Å². The Morgan fingerprint density at radius 3 is 2.40 bits per heavy atom. The Morgan fingerprint density at radius 1 is 1.40 bits per heavy atom. The highest BCUT2D eigenvalue weighted by atomic mass is 16.5. The van der Waals surface area contributed by atoms with Crippen LogP contribution in [0.15, 0.2) is 0 Å². The van der Waals surface area contributed by atoms with E-state index in [2.05, 4.69) is 4.74 Å². The molecule has 0 aliphatic rings. The van der Waals surface area contributed by atoms with Gasteiger partial charge in [0.05, 0.1) is 7.11 Å². The van der Waals surface area contributed by atoms with Crippen molar-refractivity contribution in [2.45, 2.75) is 26.2 Å². The first kappa shape index (κ1) is 9.14. The maximum Gasteiger partial charge on any atom is 0.374 e. The van der Waals surface area contributed by atoms with Gasteiger partial charge >= 0.3 is 5.97 Å². The van der Waals surface area contributed by atoms with E-state index in [0.29, 0.717) is 6.42 Å². The Bertz CT molecular complexity index is 129. The van der Waals surface area contributed by atoms with E-state index < -0.39 is 11.8 Å². The van der Waals surface area contributed by atoms with Crippen LogP contribution < -0.4 is 0 Å². The molecule has 0 aromatic heterocycles. The van der Waals surface area contributed by atoms with Gasteiger partial charge in [-0.3, -0.25) is 4.79 Å². The van der Waals surface area contributed by atoms with Gasteiger partial charge < -0.3 is 4.74 Å². The number of unbranched alkanes of at least 4 members (excludes halogenated alkanes) is 1. The van der Waals surface area contributed by atoms with E-state index >= 15 is 0 Å². The Balaban J connectivity index is 3.52. The molecule has 0 N–H and O–H groups in total.